The van der Waals surface area contributed by atoms with Crippen molar-refractivity contribution >= 4 is 11.9 Å². The van der Waals surface area contributed by atoms with E-state index in [9.17, 15) is 9.59 Å². The minimum Gasteiger partial charge on any atom is -0.478 e. The smallest absolute Gasteiger partial charge is 0.328 e. The Balaban J connectivity index is 2.20. The van der Waals surface area contributed by atoms with Gasteiger partial charge in [0.15, 0.2) is 0 Å². The minimum atomic E-state index is -1.13. The third-order valence-corrected chi connectivity index (χ3v) is 1.73. The Labute approximate surface area is 86.8 Å². The Morgan fingerprint density at radius 1 is 1.47 bits per heavy atom. The fourth-order valence-corrected chi connectivity index (χ4v) is 1.05. The standard InChI is InChI=1S/C10H12N2O3/c13-9(3-4-10(14)15)12-7-5-8-2-1-6-11-8/h1-4,6,11H,5,7H2,(H,12,13)(H,14,15)/b4-3+. The summed E-state index contributed by atoms with van der Waals surface area (Å²) in [5, 5.41) is 10.8. The van der Waals surface area contributed by atoms with Crippen molar-refractivity contribution in [2.45, 2.75) is 6.42 Å². The molecule has 0 radical (unpaired) electrons. The van der Waals surface area contributed by atoms with Crippen LogP contribution in [-0.4, -0.2) is 28.5 Å². The molecule has 0 spiro atoms. The predicted octanol–water partition coefficient (Wildman–Crippen LogP) is 0.314. The molecule has 1 amide bonds. The maximum Gasteiger partial charge on any atom is 0.328 e. The van der Waals surface area contributed by atoms with Crippen LogP contribution in [0.15, 0.2) is 30.5 Å². The number of amides is 1. The molecule has 5 heteroatoms. The van der Waals surface area contributed by atoms with Gasteiger partial charge in [-0.2, -0.15) is 0 Å². The highest BCUT2D eigenvalue weighted by Crippen LogP contribution is 1.93. The van der Waals surface area contributed by atoms with Crippen LogP contribution in [0.5, 0.6) is 0 Å². The normalized spacial score (nSPS) is 10.4. The number of aliphatic carboxylic acids is 1. The second kappa shape index (κ2) is 5.64. The zero-order valence-electron chi connectivity index (χ0n) is 8.06. The molecule has 0 aliphatic rings. The van der Waals surface area contributed by atoms with Crippen LogP contribution in [0.2, 0.25) is 0 Å². The monoisotopic (exact) mass is 208 g/mol. The molecule has 80 valence electrons. The van der Waals surface area contributed by atoms with E-state index in [1.807, 2.05) is 18.3 Å². The number of hydrogen-bond donors (Lipinski definition) is 3. The van der Waals surface area contributed by atoms with Gasteiger partial charge >= 0.3 is 5.97 Å². The first kappa shape index (κ1) is 11.0. The SMILES string of the molecule is O=C(O)/C=C/C(=O)NCCc1ccc[nH]1. The van der Waals surface area contributed by atoms with Crippen LogP contribution in [0, 0.1) is 0 Å². The van der Waals surface area contributed by atoms with Crippen LogP contribution >= 0.6 is 0 Å². The number of carboxylic acids is 1. The Hall–Kier alpha value is -2.04. The molecule has 0 aliphatic carbocycles. The zero-order valence-corrected chi connectivity index (χ0v) is 8.06. The van der Waals surface area contributed by atoms with Gasteiger partial charge in [0.2, 0.25) is 5.91 Å². The first-order valence-electron chi connectivity index (χ1n) is 4.49. The van der Waals surface area contributed by atoms with Crippen LogP contribution in [-0.2, 0) is 16.0 Å². The molecule has 0 saturated carbocycles. The molecule has 0 fully saturated rings. The van der Waals surface area contributed by atoms with Gasteiger partial charge in [0, 0.05) is 37.0 Å². The Kier molecular flexibility index (Phi) is 4.15. The Morgan fingerprint density at radius 3 is 2.87 bits per heavy atom. The van der Waals surface area contributed by atoms with Gasteiger partial charge in [0.25, 0.3) is 0 Å². The predicted molar refractivity (Wildman–Crippen MR) is 54.3 cm³/mol. The second-order valence-corrected chi connectivity index (χ2v) is 2.91. The highest BCUT2D eigenvalue weighted by molar-refractivity contribution is 5.93. The van der Waals surface area contributed by atoms with E-state index in [0.717, 1.165) is 17.8 Å². The van der Waals surface area contributed by atoms with E-state index >= 15 is 0 Å². The molecule has 1 aromatic heterocycles. The number of aromatic amines is 1. The maximum atomic E-state index is 11.0. The lowest BCUT2D eigenvalue weighted by Gasteiger charge is -1.99. The van der Waals surface area contributed by atoms with Crippen molar-refractivity contribution in [3.05, 3.63) is 36.2 Å². The molecule has 1 aromatic rings. The molecule has 3 N–H and O–H groups in total. The topological polar surface area (TPSA) is 82.2 Å². The fourth-order valence-electron chi connectivity index (χ4n) is 1.05. The summed E-state index contributed by atoms with van der Waals surface area (Å²) in [6.07, 6.45) is 4.31. The number of rotatable bonds is 5. The van der Waals surface area contributed by atoms with E-state index < -0.39 is 11.9 Å². The van der Waals surface area contributed by atoms with Crippen LogP contribution in [0.4, 0.5) is 0 Å². The summed E-state index contributed by atoms with van der Waals surface area (Å²) in [5.74, 6) is -1.53. The van der Waals surface area contributed by atoms with Gasteiger partial charge in [0.05, 0.1) is 0 Å². The number of carbonyl (C=O) groups is 2. The highest BCUT2D eigenvalue weighted by atomic mass is 16.4. The maximum absolute atomic E-state index is 11.0. The molecule has 0 aromatic carbocycles. The second-order valence-electron chi connectivity index (χ2n) is 2.91. The van der Waals surface area contributed by atoms with Gasteiger partial charge in [-0.1, -0.05) is 0 Å². The molecule has 1 rings (SSSR count). The molecule has 0 aliphatic heterocycles. The van der Waals surface area contributed by atoms with Crippen molar-refractivity contribution in [1.82, 2.24) is 10.3 Å². The van der Waals surface area contributed by atoms with Gasteiger partial charge in [-0.25, -0.2) is 4.79 Å². The first-order valence-corrected chi connectivity index (χ1v) is 4.49. The average molecular weight is 208 g/mol. The number of carbonyl (C=O) groups excluding carboxylic acids is 1. The quantitative estimate of drug-likeness (QED) is 0.609. The third kappa shape index (κ3) is 4.66. The van der Waals surface area contributed by atoms with Crippen molar-refractivity contribution < 1.29 is 14.7 Å². The number of H-pyrrole nitrogens is 1. The van der Waals surface area contributed by atoms with E-state index in [4.69, 9.17) is 5.11 Å². The van der Waals surface area contributed by atoms with E-state index in [-0.39, 0.29) is 0 Å². The molecule has 5 nitrogen and oxygen atoms in total. The molecule has 0 bridgehead atoms. The molecular formula is C10H12N2O3. The van der Waals surface area contributed by atoms with Crippen LogP contribution < -0.4 is 5.32 Å². The molecular weight excluding hydrogens is 196 g/mol. The van der Waals surface area contributed by atoms with Crippen molar-refractivity contribution in [2.75, 3.05) is 6.54 Å². The van der Waals surface area contributed by atoms with Gasteiger partial charge in [0.1, 0.15) is 0 Å². The fraction of sp³-hybridized carbons (Fsp3) is 0.200. The molecule has 15 heavy (non-hydrogen) atoms. The van der Waals surface area contributed by atoms with E-state index in [1.165, 1.54) is 0 Å². The number of hydrogen-bond acceptors (Lipinski definition) is 2. The van der Waals surface area contributed by atoms with E-state index in [0.29, 0.717) is 13.0 Å². The van der Waals surface area contributed by atoms with Crippen LogP contribution in [0.25, 0.3) is 0 Å². The molecule has 0 saturated heterocycles. The van der Waals surface area contributed by atoms with E-state index in [1.54, 1.807) is 0 Å². The Bertz CT molecular complexity index is 355. The lowest BCUT2D eigenvalue weighted by Crippen LogP contribution is -2.23. The van der Waals surface area contributed by atoms with E-state index in [2.05, 4.69) is 10.3 Å². The van der Waals surface area contributed by atoms with Gasteiger partial charge < -0.3 is 15.4 Å². The first-order chi connectivity index (χ1) is 7.18. The van der Waals surface area contributed by atoms with Gasteiger partial charge in [-0.3, -0.25) is 4.79 Å². The number of aromatic nitrogens is 1. The molecule has 0 unspecified atom stereocenters. The largest absolute Gasteiger partial charge is 0.478 e. The van der Waals surface area contributed by atoms with Crippen molar-refractivity contribution in [3.8, 4) is 0 Å². The summed E-state index contributed by atoms with van der Waals surface area (Å²) in [4.78, 5) is 24.1. The van der Waals surface area contributed by atoms with Crippen molar-refractivity contribution in [3.63, 3.8) is 0 Å². The number of carboxylic acid groups (broad SMARTS) is 1. The summed E-state index contributed by atoms with van der Waals surface area (Å²) < 4.78 is 0. The highest BCUT2D eigenvalue weighted by Gasteiger charge is 1.97. The summed E-state index contributed by atoms with van der Waals surface area (Å²) in [6, 6.07) is 3.79. The van der Waals surface area contributed by atoms with Gasteiger partial charge in [-0.05, 0) is 12.1 Å². The Morgan fingerprint density at radius 2 is 2.27 bits per heavy atom. The van der Waals surface area contributed by atoms with Crippen LogP contribution in [0.3, 0.4) is 0 Å². The number of nitrogens with one attached hydrogen (secondary N) is 2. The average Bonchev–Trinajstić information content (AvgIpc) is 2.67. The lowest BCUT2D eigenvalue weighted by molar-refractivity contribution is -0.131. The molecule has 0 atom stereocenters. The third-order valence-electron chi connectivity index (χ3n) is 1.73. The summed E-state index contributed by atoms with van der Waals surface area (Å²) in [7, 11) is 0. The summed E-state index contributed by atoms with van der Waals surface area (Å²) in [5.41, 5.74) is 1.03. The zero-order chi connectivity index (χ0) is 11.1. The summed E-state index contributed by atoms with van der Waals surface area (Å²) >= 11 is 0. The van der Waals surface area contributed by atoms with Crippen LogP contribution in [0.1, 0.15) is 5.69 Å². The van der Waals surface area contributed by atoms with Crippen molar-refractivity contribution in [2.24, 2.45) is 0 Å². The van der Waals surface area contributed by atoms with Gasteiger partial charge in [-0.15, -0.1) is 0 Å². The minimum absolute atomic E-state index is 0.399. The lowest BCUT2D eigenvalue weighted by atomic mass is 10.3. The summed E-state index contributed by atoms with van der Waals surface area (Å²) in [6.45, 7) is 0.476. The van der Waals surface area contributed by atoms with Crippen molar-refractivity contribution in [1.29, 1.82) is 0 Å². The molecule has 1 heterocycles.